The maximum atomic E-state index is 12.8. The Hall–Kier alpha value is -3.16. The molecule has 3 N–H and O–H groups in total. The van der Waals surface area contributed by atoms with Gasteiger partial charge in [0, 0.05) is 55.4 Å². The van der Waals surface area contributed by atoms with Crippen LogP contribution in [0.1, 0.15) is 23.8 Å². The zero-order valence-electron chi connectivity index (χ0n) is 22.0. The van der Waals surface area contributed by atoms with Crippen LogP contribution in [0.5, 0.6) is 0 Å². The lowest BCUT2D eigenvalue weighted by molar-refractivity contribution is -0.144. The molecule has 3 aromatic heterocycles. The molecule has 5 rings (SSSR count). The lowest BCUT2D eigenvalue weighted by Crippen LogP contribution is -2.24. The highest BCUT2D eigenvalue weighted by molar-refractivity contribution is 7.23. The summed E-state index contributed by atoms with van der Waals surface area (Å²) in [5.41, 5.74) is 5.08. The van der Waals surface area contributed by atoms with E-state index in [0.717, 1.165) is 56.4 Å². The lowest BCUT2D eigenvalue weighted by atomic mass is 10.0. The molecule has 4 aromatic rings. The minimum atomic E-state index is -0.314. The van der Waals surface area contributed by atoms with Crippen LogP contribution in [0.2, 0.25) is 0 Å². The number of nitrogens with one attached hydrogen (secondary N) is 3. The van der Waals surface area contributed by atoms with Gasteiger partial charge in [-0.1, -0.05) is 6.07 Å². The van der Waals surface area contributed by atoms with Crippen molar-refractivity contribution in [1.29, 1.82) is 0 Å². The fourth-order valence-electron chi connectivity index (χ4n) is 4.49. The zero-order valence-corrected chi connectivity index (χ0v) is 23.7. The van der Waals surface area contributed by atoms with Crippen LogP contribution in [0.4, 0.5) is 5.00 Å². The van der Waals surface area contributed by atoms with Crippen molar-refractivity contribution in [2.45, 2.75) is 32.9 Å². The molecule has 0 atom stereocenters. The average Bonchev–Trinajstić information content (AvgIpc) is 3.64. The molecule has 0 radical (unpaired) electrons. The predicted octanol–water partition coefficient (Wildman–Crippen LogP) is 3.66. The third-order valence-electron chi connectivity index (χ3n) is 6.36. The quantitative estimate of drug-likeness (QED) is 0.175. The highest BCUT2D eigenvalue weighted by Crippen LogP contribution is 2.45. The van der Waals surface area contributed by atoms with Gasteiger partial charge in [-0.2, -0.15) is 5.10 Å². The van der Waals surface area contributed by atoms with Gasteiger partial charge in [-0.05, 0) is 43.1 Å². The molecule has 39 heavy (non-hydrogen) atoms. The number of anilines is 1. The molecule has 1 aliphatic heterocycles. The van der Waals surface area contributed by atoms with Gasteiger partial charge in [-0.3, -0.25) is 14.3 Å². The van der Waals surface area contributed by atoms with Crippen LogP contribution in [0.25, 0.3) is 31.9 Å². The second-order valence-corrected chi connectivity index (χ2v) is 11.2. The first-order valence-corrected chi connectivity index (χ1v) is 14.6. The average molecular weight is 569 g/mol. The van der Waals surface area contributed by atoms with Crippen molar-refractivity contribution in [3.05, 3.63) is 41.0 Å². The number of carbonyl (C=O) groups is 2. The van der Waals surface area contributed by atoms with Crippen molar-refractivity contribution in [2.75, 3.05) is 45.3 Å². The van der Waals surface area contributed by atoms with Gasteiger partial charge in [-0.15, -0.1) is 22.7 Å². The molecule has 12 heteroatoms. The minimum Gasteiger partial charge on any atom is -0.465 e. The third-order valence-corrected chi connectivity index (χ3v) is 8.56. The number of benzene rings is 1. The first-order chi connectivity index (χ1) is 19.1. The molecule has 0 unspecified atom stereocenters. The van der Waals surface area contributed by atoms with E-state index in [2.05, 4.69) is 27.1 Å². The predicted molar refractivity (Wildman–Crippen MR) is 154 cm³/mol. The van der Waals surface area contributed by atoms with Crippen molar-refractivity contribution in [3.63, 3.8) is 0 Å². The molecule has 0 spiro atoms. The second kappa shape index (κ2) is 12.8. The number of fused-ring (bicyclic) bond motifs is 2. The highest BCUT2D eigenvalue weighted by Gasteiger charge is 2.25. The molecule has 4 heterocycles. The molecule has 0 aliphatic carbocycles. The number of thiophene rings is 1. The molecule has 1 amide bonds. The molecule has 0 bridgehead atoms. The third kappa shape index (κ3) is 6.53. The first kappa shape index (κ1) is 27.4. The number of carbonyl (C=O) groups excluding carboxylic acids is 2. The highest BCUT2D eigenvalue weighted by atomic mass is 32.1. The Morgan fingerprint density at radius 3 is 2.95 bits per heavy atom. The lowest BCUT2D eigenvalue weighted by Gasteiger charge is -2.13. The van der Waals surface area contributed by atoms with Gasteiger partial charge in [0.05, 0.1) is 29.6 Å². The van der Waals surface area contributed by atoms with Crippen LogP contribution in [0, 0.1) is 0 Å². The Balaban J connectivity index is 1.38. The number of hydrogen-bond donors (Lipinski definition) is 3. The molecule has 1 aliphatic rings. The van der Waals surface area contributed by atoms with Crippen molar-refractivity contribution < 1.29 is 19.1 Å². The van der Waals surface area contributed by atoms with Crippen LogP contribution in [0.15, 0.2) is 30.6 Å². The van der Waals surface area contributed by atoms with Gasteiger partial charge in [-0.25, -0.2) is 4.98 Å². The molecule has 10 nitrogen and oxygen atoms in total. The Morgan fingerprint density at radius 1 is 1.21 bits per heavy atom. The number of rotatable bonds is 12. The normalized spacial score (nSPS) is 13.0. The summed E-state index contributed by atoms with van der Waals surface area (Å²) in [4.78, 5) is 30.8. The van der Waals surface area contributed by atoms with Crippen LogP contribution < -0.4 is 16.0 Å². The Labute approximate surface area is 234 Å². The SMILES string of the molecule is CCOC(=O)Cn1cc(-c2ccc3sc(-c4c(NC(=O)CCNCCOC)sc5c4CCNC5)nc3c2)cn1. The maximum Gasteiger partial charge on any atom is 0.327 e. The van der Waals surface area contributed by atoms with Crippen LogP contribution >= 0.6 is 22.7 Å². The van der Waals surface area contributed by atoms with Crippen LogP contribution in [-0.2, 0) is 38.6 Å². The summed E-state index contributed by atoms with van der Waals surface area (Å²) in [5.74, 6) is -0.331. The van der Waals surface area contributed by atoms with Gasteiger partial charge in [0.25, 0.3) is 0 Å². The van der Waals surface area contributed by atoms with Gasteiger partial charge in [0.15, 0.2) is 0 Å². The molecule has 0 saturated heterocycles. The molecule has 206 valence electrons. The van der Waals surface area contributed by atoms with Crippen molar-refractivity contribution in [1.82, 2.24) is 25.4 Å². The number of amides is 1. The van der Waals surface area contributed by atoms with Gasteiger partial charge in [0.2, 0.25) is 5.91 Å². The largest absolute Gasteiger partial charge is 0.465 e. The second-order valence-electron chi connectivity index (χ2n) is 9.11. The van der Waals surface area contributed by atoms with Gasteiger partial charge in [0.1, 0.15) is 16.6 Å². The van der Waals surface area contributed by atoms with E-state index in [1.165, 1.54) is 10.4 Å². The number of aromatic nitrogens is 3. The van der Waals surface area contributed by atoms with Crippen molar-refractivity contribution >= 4 is 49.8 Å². The van der Waals surface area contributed by atoms with Crippen LogP contribution in [0.3, 0.4) is 0 Å². The van der Waals surface area contributed by atoms with E-state index in [0.29, 0.717) is 32.7 Å². The summed E-state index contributed by atoms with van der Waals surface area (Å²) in [6, 6.07) is 6.16. The van der Waals surface area contributed by atoms with E-state index >= 15 is 0 Å². The maximum absolute atomic E-state index is 12.8. The number of nitrogens with zero attached hydrogens (tertiary/aromatic N) is 3. The fraction of sp³-hybridized carbons (Fsp3) is 0.407. The topological polar surface area (TPSA) is 119 Å². The van der Waals surface area contributed by atoms with E-state index in [4.69, 9.17) is 14.5 Å². The summed E-state index contributed by atoms with van der Waals surface area (Å²) < 4.78 is 12.7. The summed E-state index contributed by atoms with van der Waals surface area (Å²) in [5, 5.41) is 15.9. The Bertz CT molecular complexity index is 1460. The molecule has 0 saturated carbocycles. The Morgan fingerprint density at radius 2 is 2.10 bits per heavy atom. The number of hydrogen-bond acceptors (Lipinski definition) is 10. The molecule has 1 aromatic carbocycles. The standard InChI is InChI=1S/C27H32N6O4S2/c1-3-37-24(35)16-33-15-18(13-30-33)17-4-5-21-20(12-17)31-26(38-21)25-19-6-8-29-14-22(19)39-27(25)32-23(34)7-9-28-10-11-36-2/h4-5,12-13,15,28-29H,3,6-11,14,16H2,1-2H3,(H,32,34). The number of ether oxygens (including phenoxy) is 2. The number of esters is 1. The van der Waals surface area contributed by atoms with E-state index in [-0.39, 0.29) is 18.4 Å². The van der Waals surface area contributed by atoms with Crippen molar-refractivity contribution in [2.24, 2.45) is 0 Å². The summed E-state index contributed by atoms with van der Waals surface area (Å²) in [6.45, 7) is 5.83. The molecular weight excluding hydrogens is 536 g/mol. The molecular formula is C27H32N6O4S2. The van der Waals surface area contributed by atoms with E-state index in [1.807, 2.05) is 18.3 Å². The zero-order chi connectivity index (χ0) is 27.2. The first-order valence-electron chi connectivity index (χ1n) is 13.0. The fourth-order valence-corrected chi connectivity index (χ4v) is 6.82. The minimum absolute atomic E-state index is 0.0176. The molecule has 0 fully saturated rings. The van der Waals surface area contributed by atoms with Crippen molar-refractivity contribution in [3.8, 4) is 21.7 Å². The van der Waals surface area contributed by atoms with Crippen LogP contribution in [-0.4, -0.2) is 66.6 Å². The van der Waals surface area contributed by atoms with E-state index in [1.54, 1.807) is 47.6 Å². The number of thiazole rings is 1. The summed E-state index contributed by atoms with van der Waals surface area (Å²) >= 11 is 3.27. The number of methoxy groups -OCH3 is 1. The summed E-state index contributed by atoms with van der Waals surface area (Å²) in [6.07, 6.45) is 4.87. The summed E-state index contributed by atoms with van der Waals surface area (Å²) in [7, 11) is 1.66. The van der Waals surface area contributed by atoms with Gasteiger partial charge >= 0.3 is 5.97 Å². The Kier molecular flexibility index (Phi) is 8.99. The van der Waals surface area contributed by atoms with E-state index in [9.17, 15) is 9.59 Å². The van der Waals surface area contributed by atoms with Gasteiger partial charge < -0.3 is 25.4 Å². The smallest absolute Gasteiger partial charge is 0.327 e. The monoisotopic (exact) mass is 568 g/mol. The van der Waals surface area contributed by atoms with E-state index < -0.39 is 0 Å².